The zero-order valence-electron chi connectivity index (χ0n) is 36.9. The highest BCUT2D eigenvalue weighted by Gasteiger charge is 2.47. The molecule has 4 aliphatic rings. The molecule has 7 heteroatoms. The average Bonchev–Trinajstić information content (AvgIpc) is 2.95. The Bertz CT molecular complexity index is 1480. The second kappa shape index (κ2) is 14.2. The molecule has 2 aromatic heterocycles. The Morgan fingerprint density at radius 1 is 0.377 bits per heavy atom. The summed E-state index contributed by atoms with van der Waals surface area (Å²) < 4.78 is 1.10. The molecule has 0 N–H and O–H groups in total. The van der Waals surface area contributed by atoms with Crippen LogP contribution in [0.1, 0.15) is 188 Å². The molecule has 0 saturated carbocycles. The lowest BCUT2D eigenvalue weighted by atomic mass is 9.79. The Hall–Kier alpha value is -2.02. The molecule has 4 fully saturated rings. The monoisotopic (exact) mass is 793 g/mol. The van der Waals surface area contributed by atoms with Crippen molar-refractivity contribution in [1.29, 1.82) is 0 Å². The van der Waals surface area contributed by atoms with Crippen LogP contribution in [-0.2, 0) is 0 Å². The number of rotatable bonds is 4. The molecule has 6 heterocycles. The molecule has 53 heavy (non-hydrogen) atoms. The maximum Gasteiger partial charge on any atom is 0.146 e. The predicted octanol–water partition coefficient (Wildman–Crippen LogP) is 13.1. The van der Waals surface area contributed by atoms with E-state index in [1.807, 2.05) is 0 Å². The number of nitrogens with zero attached hydrogens (tertiary/aromatic N) is 6. The lowest BCUT2D eigenvalue weighted by Gasteiger charge is -2.55. The van der Waals surface area contributed by atoms with Crippen molar-refractivity contribution in [2.24, 2.45) is 0 Å². The van der Waals surface area contributed by atoms with Gasteiger partial charge in [0.1, 0.15) is 23.3 Å². The maximum atomic E-state index is 5.31. The lowest BCUT2D eigenvalue weighted by Crippen LogP contribution is -2.60. The van der Waals surface area contributed by atoms with Gasteiger partial charge >= 0.3 is 0 Å². The second-order valence-electron chi connectivity index (χ2n) is 22.1. The molecule has 0 unspecified atom stereocenters. The van der Waals surface area contributed by atoms with Gasteiger partial charge in [0, 0.05) is 44.3 Å². The second-order valence-corrected chi connectivity index (χ2v) is 22.9. The van der Waals surface area contributed by atoms with E-state index in [9.17, 15) is 0 Å². The molecule has 0 amide bonds. The summed E-state index contributed by atoms with van der Waals surface area (Å²) in [7, 11) is 0. The molecular formula is C46H77BrN6. The summed E-state index contributed by atoms with van der Waals surface area (Å²) in [5.74, 6) is 4.48. The van der Waals surface area contributed by atoms with Gasteiger partial charge in [-0.25, -0.2) is 9.97 Å². The number of piperidine rings is 4. The van der Waals surface area contributed by atoms with Crippen molar-refractivity contribution in [2.75, 3.05) is 19.6 Å². The third-order valence-electron chi connectivity index (χ3n) is 13.6. The van der Waals surface area contributed by atoms with E-state index in [1.165, 1.54) is 77.0 Å². The Morgan fingerprint density at radius 3 is 0.943 bits per heavy atom. The lowest BCUT2D eigenvalue weighted by molar-refractivity contribution is 0.236. The molecule has 298 valence electrons. The Kier molecular flexibility index (Phi) is 11.3. The maximum absolute atomic E-state index is 5.31. The highest BCUT2D eigenvalue weighted by Crippen LogP contribution is 2.48. The molecule has 0 bridgehead atoms. The van der Waals surface area contributed by atoms with E-state index in [-0.39, 0.29) is 44.3 Å². The van der Waals surface area contributed by atoms with Gasteiger partial charge in [-0.2, -0.15) is 0 Å². The Labute approximate surface area is 334 Å². The minimum atomic E-state index is 0.100. The predicted molar refractivity (Wildman–Crippen MR) is 234 cm³/mol. The third-order valence-corrected chi connectivity index (χ3v) is 14.2. The number of anilines is 4. The summed E-state index contributed by atoms with van der Waals surface area (Å²) in [5, 5.41) is 0. The van der Waals surface area contributed by atoms with Crippen LogP contribution in [0.3, 0.4) is 0 Å². The van der Waals surface area contributed by atoms with E-state index in [2.05, 4.69) is 177 Å². The van der Waals surface area contributed by atoms with Crippen molar-refractivity contribution in [3.63, 3.8) is 0 Å². The molecule has 0 radical (unpaired) electrons. The molecule has 6 nitrogen and oxygen atoms in total. The summed E-state index contributed by atoms with van der Waals surface area (Å²) in [6, 6.07) is 11.0. The fraction of sp³-hybridized carbons (Fsp3) is 0.783. The van der Waals surface area contributed by atoms with Crippen molar-refractivity contribution in [3.8, 4) is 0 Å². The van der Waals surface area contributed by atoms with Crippen LogP contribution < -0.4 is 19.6 Å². The van der Waals surface area contributed by atoms with Gasteiger partial charge in [-0.1, -0.05) is 6.07 Å². The summed E-state index contributed by atoms with van der Waals surface area (Å²) in [4.78, 5) is 20.9. The SMILES string of the molecule is CC1(C)CCCC(C)(C)N1c1ccc(Br)c(N2C(C)(C)CCCC2(C)C)n1.CC1(C)CCCC(C)(C)N1c1cccc(N2C(C)(C)CCCC2(C)C)n1. The Morgan fingerprint density at radius 2 is 0.642 bits per heavy atom. The van der Waals surface area contributed by atoms with Gasteiger partial charge in [0.2, 0.25) is 0 Å². The van der Waals surface area contributed by atoms with Gasteiger partial charge < -0.3 is 19.6 Å². The minimum absolute atomic E-state index is 0.100. The first-order chi connectivity index (χ1) is 24.1. The summed E-state index contributed by atoms with van der Waals surface area (Å²) in [5.41, 5.74) is 0.993. The van der Waals surface area contributed by atoms with Crippen molar-refractivity contribution in [3.05, 3.63) is 34.8 Å². The van der Waals surface area contributed by atoms with Crippen LogP contribution >= 0.6 is 15.9 Å². The first kappa shape index (κ1) is 42.1. The minimum Gasteiger partial charge on any atom is -0.346 e. The summed E-state index contributed by atoms with van der Waals surface area (Å²) in [6.45, 7) is 37.9. The van der Waals surface area contributed by atoms with Gasteiger partial charge in [-0.05, 0) is 228 Å². The van der Waals surface area contributed by atoms with Crippen molar-refractivity contribution in [1.82, 2.24) is 9.97 Å². The van der Waals surface area contributed by atoms with E-state index in [0.717, 1.165) is 27.7 Å². The smallest absolute Gasteiger partial charge is 0.146 e. The normalized spacial score (nSPS) is 26.4. The van der Waals surface area contributed by atoms with Crippen LogP contribution in [0.4, 0.5) is 23.3 Å². The van der Waals surface area contributed by atoms with E-state index in [1.54, 1.807) is 0 Å². The van der Waals surface area contributed by atoms with Gasteiger partial charge in [0.25, 0.3) is 0 Å². The molecule has 2 aromatic rings. The Balaban J connectivity index is 0.000000204. The molecule has 0 aliphatic carbocycles. The fourth-order valence-electron chi connectivity index (χ4n) is 11.8. The molecule has 4 aliphatic heterocycles. The number of aromatic nitrogens is 2. The number of pyridine rings is 2. The highest BCUT2D eigenvalue weighted by molar-refractivity contribution is 9.10. The first-order valence-electron chi connectivity index (χ1n) is 21.0. The largest absolute Gasteiger partial charge is 0.346 e. The quantitative estimate of drug-likeness (QED) is 0.307. The zero-order chi connectivity index (χ0) is 39.6. The number of hydrogen-bond donors (Lipinski definition) is 0. The van der Waals surface area contributed by atoms with E-state index < -0.39 is 0 Å². The first-order valence-corrected chi connectivity index (χ1v) is 21.8. The molecule has 0 atom stereocenters. The molecule has 0 aromatic carbocycles. The van der Waals surface area contributed by atoms with Crippen LogP contribution in [0, 0.1) is 0 Å². The number of hydrogen-bond acceptors (Lipinski definition) is 6. The van der Waals surface area contributed by atoms with Crippen LogP contribution in [0.2, 0.25) is 0 Å². The standard InChI is InChI=1S/C23H38BrN3.C23H39N3/c1-20(2)13-9-14-21(3,4)26(20)18-12-11-17(24)19(25-18)27-22(5,6)15-10-16-23(27,7)8;1-20(2)14-10-15-21(3,4)25(20)18-12-9-13-19(24-18)26-22(5,6)16-11-17-23(26,7)8/h11-12H,9-10,13-16H2,1-8H3;9,12-13H,10-11,14-17H2,1-8H3. The molecule has 6 rings (SSSR count). The average molecular weight is 794 g/mol. The van der Waals surface area contributed by atoms with Crippen LogP contribution in [0.5, 0.6) is 0 Å². The fourth-order valence-corrected chi connectivity index (χ4v) is 12.2. The van der Waals surface area contributed by atoms with Gasteiger partial charge in [-0.3, -0.25) is 0 Å². The molecular weight excluding hydrogens is 716 g/mol. The van der Waals surface area contributed by atoms with E-state index in [4.69, 9.17) is 9.97 Å². The van der Waals surface area contributed by atoms with Crippen molar-refractivity contribution < 1.29 is 0 Å². The summed E-state index contributed by atoms with van der Waals surface area (Å²) >= 11 is 3.83. The topological polar surface area (TPSA) is 38.7 Å². The van der Waals surface area contributed by atoms with Gasteiger partial charge in [0.15, 0.2) is 0 Å². The van der Waals surface area contributed by atoms with Crippen LogP contribution in [0.25, 0.3) is 0 Å². The highest BCUT2D eigenvalue weighted by atomic mass is 79.9. The van der Waals surface area contributed by atoms with E-state index in [0.29, 0.717) is 0 Å². The van der Waals surface area contributed by atoms with Gasteiger partial charge in [0.05, 0.1) is 4.47 Å². The van der Waals surface area contributed by atoms with Crippen molar-refractivity contribution >= 4 is 39.2 Å². The van der Waals surface area contributed by atoms with E-state index >= 15 is 0 Å². The van der Waals surface area contributed by atoms with Crippen molar-refractivity contribution in [2.45, 2.75) is 232 Å². The van der Waals surface area contributed by atoms with Gasteiger partial charge in [-0.15, -0.1) is 0 Å². The molecule has 4 saturated heterocycles. The van der Waals surface area contributed by atoms with Crippen LogP contribution in [0.15, 0.2) is 34.8 Å². The third kappa shape index (κ3) is 8.41. The summed E-state index contributed by atoms with van der Waals surface area (Å²) in [6.07, 6.45) is 14.9. The zero-order valence-corrected chi connectivity index (χ0v) is 38.5. The number of halogens is 1. The molecule has 0 spiro atoms. The van der Waals surface area contributed by atoms with Crippen LogP contribution in [-0.4, -0.2) is 54.3 Å².